The fourth-order valence-corrected chi connectivity index (χ4v) is 5.36. The topological polar surface area (TPSA) is 118 Å². The number of aryl methyl sites for hydroxylation is 1. The van der Waals surface area contributed by atoms with Crippen LogP contribution >= 0.6 is 11.5 Å². The van der Waals surface area contributed by atoms with Gasteiger partial charge in [-0.1, -0.05) is 48.5 Å². The van der Waals surface area contributed by atoms with Gasteiger partial charge in [-0.25, -0.2) is 9.59 Å². The zero-order valence-corrected chi connectivity index (χ0v) is 19.2. The van der Waals surface area contributed by atoms with E-state index in [1.807, 2.05) is 24.3 Å². The van der Waals surface area contributed by atoms with Crippen LogP contribution in [-0.4, -0.2) is 40.6 Å². The molecule has 2 atom stereocenters. The lowest BCUT2D eigenvalue weighted by atomic mass is 9.98. The highest BCUT2D eigenvalue weighted by molar-refractivity contribution is 7.11. The summed E-state index contributed by atoms with van der Waals surface area (Å²) in [4.78, 5) is 36.2. The van der Waals surface area contributed by atoms with Crippen molar-refractivity contribution in [3.05, 3.63) is 70.9 Å². The molecule has 1 fully saturated rings. The molecule has 5 rings (SSSR count). The molecule has 2 amide bonds. The Kier molecular flexibility index (Phi) is 5.79. The Balaban J connectivity index is 1.12. The molecule has 8 nitrogen and oxygen atoms in total. The fraction of sp³-hybridized carbons (Fsp3) is 0.280. The van der Waals surface area contributed by atoms with Crippen LogP contribution < -0.4 is 10.6 Å². The van der Waals surface area contributed by atoms with E-state index in [1.165, 1.54) is 11.1 Å². The molecule has 0 radical (unpaired) electrons. The zero-order valence-electron chi connectivity index (χ0n) is 18.4. The Labute approximate surface area is 200 Å². The molecule has 1 saturated carbocycles. The number of nitrogens with zero attached hydrogens (tertiary/aromatic N) is 1. The van der Waals surface area contributed by atoms with Gasteiger partial charge in [0, 0.05) is 18.4 Å². The van der Waals surface area contributed by atoms with Crippen LogP contribution in [0.15, 0.2) is 48.5 Å². The van der Waals surface area contributed by atoms with Crippen LogP contribution in [0.3, 0.4) is 0 Å². The molecule has 1 heterocycles. The summed E-state index contributed by atoms with van der Waals surface area (Å²) in [6, 6.07) is 16.3. The summed E-state index contributed by atoms with van der Waals surface area (Å²) in [5.74, 6) is -1.68. The van der Waals surface area contributed by atoms with Crippen LogP contribution in [-0.2, 0) is 9.53 Å². The number of nitrogens with one attached hydrogen (secondary N) is 2. The lowest BCUT2D eigenvalue weighted by Gasteiger charge is -2.14. The van der Waals surface area contributed by atoms with Crippen molar-refractivity contribution >= 4 is 34.5 Å². The number of carbonyl (C=O) groups is 3. The number of benzene rings is 2. The van der Waals surface area contributed by atoms with Crippen LogP contribution in [0.1, 0.15) is 39.5 Å². The van der Waals surface area contributed by atoms with Crippen LogP contribution in [0.25, 0.3) is 11.1 Å². The summed E-state index contributed by atoms with van der Waals surface area (Å²) >= 11 is 0.954. The van der Waals surface area contributed by atoms with Gasteiger partial charge in [-0.3, -0.25) is 4.79 Å². The van der Waals surface area contributed by atoms with Gasteiger partial charge in [0.1, 0.15) is 17.2 Å². The van der Waals surface area contributed by atoms with E-state index in [0.717, 1.165) is 22.7 Å². The van der Waals surface area contributed by atoms with Gasteiger partial charge < -0.3 is 20.5 Å². The Morgan fingerprint density at radius 2 is 1.74 bits per heavy atom. The van der Waals surface area contributed by atoms with E-state index in [4.69, 9.17) is 4.74 Å². The Morgan fingerprint density at radius 1 is 1.09 bits per heavy atom. The summed E-state index contributed by atoms with van der Waals surface area (Å²) in [7, 11) is 0. The van der Waals surface area contributed by atoms with Gasteiger partial charge in [-0.2, -0.15) is 4.37 Å². The molecule has 0 spiro atoms. The standard InChI is InChI=1S/C25H23N3O5S/c1-13-21(24(30)31)23(34-28-13)27-22(29)19-10-14(19)11-26-25(32)33-12-20-17-8-4-2-6-15(17)16-7-3-5-9-18(16)20/h2-9,14,19-20H,10-12H2,1H3,(H,26,32)(H,27,29)(H,30,31). The third kappa shape index (κ3) is 4.14. The van der Waals surface area contributed by atoms with Crippen molar-refractivity contribution in [2.75, 3.05) is 18.5 Å². The normalized spacial score (nSPS) is 18.0. The van der Waals surface area contributed by atoms with Crippen LogP contribution in [0, 0.1) is 18.8 Å². The van der Waals surface area contributed by atoms with Gasteiger partial charge in [0.15, 0.2) is 0 Å². The number of anilines is 1. The molecule has 2 aliphatic carbocycles. The molecule has 2 unspecified atom stereocenters. The van der Waals surface area contributed by atoms with E-state index in [2.05, 4.69) is 39.3 Å². The van der Waals surface area contributed by atoms with Crippen molar-refractivity contribution in [1.29, 1.82) is 0 Å². The molecule has 3 aromatic rings. The first kappa shape index (κ1) is 22.1. The Morgan fingerprint density at radius 3 is 2.38 bits per heavy atom. The highest BCUT2D eigenvalue weighted by Gasteiger charge is 2.43. The number of ether oxygens (including phenoxy) is 1. The van der Waals surface area contributed by atoms with E-state index in [-0.39, 0.29) is 40.8 Å². The van der Waals surface area contributed by atoms with Crippen molar-refractivity contribution in [2.24, 2.45) is 11.8 Å². The molecule has 9 heteroatoms. The molecule has 1 aromatic heterocycles. The van der Waals surface area contributed by atoms with Gasteiger partial charge in [-0.05, 0) is 53.0 Å². The maximum Gasteiger partial charge on any atom is 0.407 e. The quantitative estimate of drug-likeness (QED) is 0.468. The number of carbonyl (C=O) groups excluding carboxylic acids is 2. The summed E-state index contributed by atoms with van der Waals surface area (Å²) in [6.45, 7) is 2.15. The second-order valence-electron chi connectivity index (χ2n) is 8.58. The fourth-order valence-electron chi connectivity index (χ4n) is 4.57. The SMILES string of the molecule is Cc1nsc(NC(=O)C2CC2CNC(=O)OCC2c3ccccc3-c3ccccc32)c1C(=O)O. The first-order chi connectivity index (χ1) is 16.4. The Bertz CT molecular complexity index is 1240. The van der Waals surface area contributed by atoms with Gasteiger partial charge in [0.25, 0.3) is 0 Å². The highest BCUT2D eigenvalue weighted by atomic mass is 32.1. The van der Waals surface area contributed by atoms with Crippen molar-refractivity contribution in [3.8, 4) is 11.1 Å². The third-order valence-corrected chi connectivity index (χ3v) is 7.28. The second kappa shape index (κ2) is 8.90. The maximum atomic E-state index is 12.5. The molecule has 2 aromatic carbocycles. The maximum absolute atomic E-state index is 12.5. The van der Waals surface area contributed by atoms with Gasteiger partial charge >= 0.3 is 12.1 Å². The van der Waals surface area contributed by atoms with Crippen LogP contribution in [0.2, 0.25) is 0 Å². The van der Waals surface area contributed by atoms with Crippen molar-refractivity contribution in [3.63, 3.8) is 0 Å². The summed E-state index contributed by atoms with van der Waals surface area (Å²) in [6.07, 6.45) is 0.106. The van der Waals surface area contributed by atoms with Crippen LogP contribution in [0.5, 0.6) is 0 Å². The van der Waals surface area contributed by atoms with E-state index < -0.39 is 12.1 Å². The Hall–Kier alpha value is -3.72. The largest absolute Gasteiger partial charge is 0.478 e. The number of fused-ring (bicyclic) bond motifs is 3. The summed E-state index contributed by atoms with van der Waals surface area (Å²) < 4.78 is 9.53. The van der Waals surface area contributed by atoms with E-state index >= 15 is 0 Å². The minimum absolute atomic E-state index is 0.0103. The molecular formula is C25H23N3O5S. The first-order valence-electron chi connectivity index (χ1n) is 11.0. The molecular weight excluding hydrogens is 454 g/mol. The first-order valence-corrected chi connectivity index (χ1v) is 11.8. The number of hydrogen-bond acceptors (Lipinski definition) is 6. The number of amides is 2. The second-order valence-corrected chi connectivity index (χ2v) is 9.35. The number of carboxylic acid groups (broad SMARTS) is 1. The molecule has 34 heavy (non-hydrogen) atoms. The zero-order chi connectivity index (χ0) is 23.8. The number of aromatic nitrogens is 1. The molecule has 174 valence electrons. The molecule has 0 saturated heterocycles. The lowest BCUT2D eigenvalue weighted by Crippen LogP contribution is -2.29. The number of hydrogen-bond donors (Lipinski definition) is 3. The van der Waals surface area contributed by atoms with Gasteiger partial charge in [0.2, 0.25) is 5.91 Å². The average molecular weight is 478 g/mol. The number of aromatic carboxylic acids is 1. The molecule has 2 aliphatic rings. The van der Waals surface area contributed by atoms with Crippen LogP contribution in [0.4, 0.5) is 9.80 Å². The number of rotatable bonds is 7. The summed E-state index contributed by atoms with van der Waals surface area (Å²) in [5, 5.41) is 15.0. The van der Waals surface area contributed by atoms with Crippen molar-refractivity contribution < 1.29 is 24.2 Å². The van der Waals surface area contributed by atoms with Gasteiger partial charge in [0.05, 0.1) is 5.69 Å². The molecule has 0 bridgehead atoms. The third-order valence-electron chi connectivity index (χ3n) is 6.42. The monoisotopic (exact) mass is 477 g/mol. The molecule has 3 N–H and O–H groups in total. The number of carboxylic acids is 1. The van der Waals surface area contributed by atoms with E-state index in [9.17, 15) is 19.5 Å². The van der Waals surface area contributed by atoms with Gasteiger partial charge in [-0.15, -0.1) is 0 Å². The van der Waals surface area contributed by atoms with Crippen molar-refractivity contribution in [2.45, 2.75) is 19.3 Å². The van der Waals surface area contributed by atoms with E-state index in [0.29, 0.717) is 18.7 Å². The minimum atomic E-state index is -1.12. The van der Waals surface area contributed by atoms with E-state index in [1.54, 1.807) is 6.92 Å². The molecule has 0 aliphatic heterocycles. The smallest absolute Gasteiger partial charge is 0.407 e. The summed E-state index contributed by atoms with van der Waals surface area (Å²) in [5.41, 5.74) is 5.02. The number of alkyl carbamates (subject to hydrolysis) is 1. The predicted molar refractivity (Wildman–Crippen MR) is 127 cm³/mol. The minimum Gasteiger partial charge on any atom is -0.478 e. The van der Waals surface area contributed by atoms with Crippen molar-refractivity contribution in [1.82, 2.24) is 9.69 Å². The lowest BCUT2D eigenvalue weighted by molar-refractivity contribution is -0.117. The predicted octanol–water partition coefficient (Wildman–Crippen LogP) is 4.26. The average Bonchev–Trinajstić information content (AvgIpc) is 3.42. The highest BCUT2D eigenvalue weighted by Crippen LogP contribution is 2.44.